The lowest BCUT2D eigenvalue weighted by molar-refractivity contribution is 0.0609. The maximum Gasteiger partial charge on any atom is 0.289 e. The van der Waals surface area contributed by atoms with Gasteiger partial charge < -0.3 is 9.32 Å². The minimum atomic E-state index is -0.0592. The minimum absolute atomic E-state index is 0.0592. The lowest BCUT2D eigenvalue weighted by Gasteiger charge is -2.34. The Morgan fingerprint density at radius 2 is 2.38 bits per heavy atom. The van der Waals surface area contributed by atoms with E-state index in [1.807, 2.05) is 4.90 Å². The molecule has 0 spiro atoms. The van der Waals surface area contributed by atoms with Crippen molar-refractivity contribution in [3.8, 4) is 0 Å². The van der Waals surface area contributed by atoms with E-state index in [2.05, 4.69) is 15.9 Å². The summed E-state index contributed by atoms with van der Waals surface area (Å²) >= 11 is 9.11. The van der Waals surface area contributed by atoms with Crippen molar-refractivity contribution < 1.29 is 9.21 Å². The van der Waals surface area contributed by atoms with E-state index in [9.17, 15) is 4.79 Å². The molecule has 0 aromatic carbocycles. The number of hydrogen-bond acceptors (Lipinski definition) is 2. The summed E-state index contributed by atoms with van der Waals surface area (Å²) < 4.78 is 5.15. The molecule has 1 aromatic rings. The maximum atomic E-state index is 12.1. The van der Waals surface area contributed by atoms with Gasteiger partial charge in [-0.3, -0.25) is 4.79 Å². The largest absolute Gasteiger partial charge is 0.440 e. The number of alkyl halides is 1. The molecule has 1 unspecified atom stereocenters. The van der Waals surface area contributed by atoms with Crippen LogP contribution >= 0.6 is 27.5 Å². The third-order valence-electron chi connectivity index (χ3n) is 2.85. The number of rotatable bonds is 2. The quantitative estimate of drug-likeness (QED) is 0.785. The van der Waals surface area contributed by atoms with Crippen LogP contribution in [0.4, 0.5) is 0 Å². The SMILES string of the molecule is O=C(c1ccc(Cl)o1)N1CCCCC1CBr. The van der Waals surface area contributed by atoms with Crippen LogP contribution in [0, 0.1) is 0 Å². The highest BCUT2D eigenvalue weighted by molar-refractivity contribution is 9.09. The van der Waals surface area contributed by atoms with E-state index >= 15 is 0 Å². The van der Waals surface area contributed by atoms with Gasteiger partial charge in [0, 0.05) is 17.9 Å². The molecule has 1 atom stereocenters. The molecule has 0 bridgehead atoms. The molecule has 16 heavy (non-hydrogen) atoms. The molecule has 1 aromatic heterocycles. The predicted octanol–water partition coefficient (Wildman–Crippen LogP) is 3.32. The van der Waals surface area contributed by atoms with Gasteiger partial charge in [-0.15, -0.1) is 0 Å². The standard InChI is InChI=1S/C11H13BrClNO2/c12-7-8-3-1-2-6-14(8)11(15)9-4-5-10(13)16-9/h4-5,8H,1-3,6-7H2. The van der Waals surface area contributed by atoms with E-state index in [0.717, 1.165) is 24.7 Å². The zero-order valence-corrected chi connectivity index (χ0v) is 11.1. The van der Waals surface area contributed by atoms with Gasteiger partial charge in [-0.05, 0) is 43.0 Å². The van der Waals surface area contributed by atoms with Crippen LogP contribution in [-0.4, -0.2) is 28.7 Å². The minimum Gasteiger partial charge on any atom is -0.440 e. The maximum absolute atomic E-state index is 12.1. The number of hydrogen-bond donors (Lipinski definition) is 0. The summed E-state index contributed by atoms with van der Waals surface area (Å²) in [6.07, 6.45) is 3.29. The fourth-order valence-electron chi connectivity index (χ4n) is 2.00. The number of furan rings is 1. The van der Waals surface area contributed by atoms with Crippen LogP contribution < -0.4 is 0 Å². The average Bonchev–Trinajstić information content (AvgIpc) is 2.75. The second-order valence-electron chi connectivity index (χ2n) is 3.91. The van der Waals surface area contributed by atoms with Gasteiger partial charge in [0.2, 0.25) is 0 Å². The van der Waals surface area contributed by atoms with Crippen LogP contribution in [0.5, 0.6) is 0 Å². The molecule has 1 aliphatic rings. The molecule has 1 saturated heterocycles. The van der Waals surface area contributed by atoms with Crippen molar-refractivity contribution in [1.82, 2.24) is 4.90 Å². The molecule has 2 heterocycles. The summed E-state index contributed by atoms with van der Waals surface area (Å²) in [5.41, 5.74) is 0. The molecule has 88 valence electrons. The third-order valence-corrected chi connectivity index (χ3v) is 3.80. The first-order valence-corrected chi connectivity index (χ1v) is 6.84. The molecule has 1 fully saturated rings. The first-order valence-electron chi connectivity index (χ1n) is 5.34. The highest BCUT2D eigenvalue weighted by atomic mass is 79.9. The van der Waals surface area contributed by atoms with E-state index in [1.54, 1.807) is 12.1 Å². The Labute approximate surface area is 108 Å². The first kappa shape index (κ1) is 12.0. The smallest absolute Gasteiger partial charge is 0.289 e. The lowest BCUT2D eigenvalue weighted by atomic mass is 10.0. The van der Waals surface area contributed by atoms with Crippen LogP contribution in [0.1, 0.15) is 29.8 Å². The zero-order valence-electron chi connectivity index (χ0n) is 8.79. The molecule has 5 heteroatoms. The van der Waals surface area contributed by atoms with Crippen molar-refractivity contribution >= 4 is 33.4 Å². The van der Waals surface area contributed by atoms with Crippen molar-refractivity contribution in [2.75, 3.05) is 11.9 Å². The van der Waals surface area contributed by atoms with Crippen molar-refractivity contribution in [2.24, 2.45) is 0 Å². The number of amides is 1. The Balaban J connectivity index is 2.13. The number of carbonyl (C=O) groups is 1. The van der Waals surface area contributed by atoms with Crippen molar-refractivity contribution in [1.29, 1.82) is 0 Å². The van der Waals surface area contributed by atoms with Crippen LogP contribution in [-0.2, 0) is 0 Å². The second-order valence-corrected chi connectivity index (χ2v) is 4.93. The summed E-state index contributed by atoms with van der Waals surface area (Å²) in [4.78, 5) is 14.0. The van der Waals surface area contributed by atoms with Gasteiger partial charge in [0.1, 0.15) is 0 Å². The average molecular weight is 307 g/mol. The summed E-state index contributed by atoms with van der Waals surface area (Å²) in [6.45, 7) is 0.799. The molecule has 1 amide bonds. The number of carbonyl (C=O) groups excluding carboxylic acids is 1. The van der Waals surface area contributed by atoms with Gasteiger partial charge in [0.05, 0.1) is 0 Å². The molecule has 0 radical (unpaired) electrons. The monoisotopic (exact) mass is 305 g/mol. The Morgan fingerprint density at radius 1 is 1.56 bits per heavy atom. The van der Waals surface area contributed by atoms with Crippen LogP contribution in [0.25, 0.3) is 0 Å². The summed E-state index contributed by atoms with van der Waals surface area (Å²) in [5, 5.41) is 1.07. The van der Waals surface area contributed by atoms with Crippen LogP contribution in [0.15, 0.2) is 16.5 Å². The third kappa shape index (κ3) is 2.43. The summed E-state index contributed by atoms with van der Waals surface area (Å²) in [7, 11) is 0. The number of piperidine rings is 1. The van der Waals surface area contributed by atoms with Crippen molar-refractivity contribution in [3.63, 3.8) is 0 Å². The Kier molecular flexibility index (Phi) is 3.92. The predicted molar refractivity (Wildman–Crippen MR) is 66.2 cm³/mol. The molecule has 3 nitrogen and oxygen atoms in total. The van der Waals surface area contributed by atoms with Gasteiger partial charge in [-0.1, -0.05) is 15.9 Å². The zero-order chi connectivity index (χ0) is 11.5. The van der Waals surface area contributed by atoms with Gasteiger partial charge in [-0.2, -0.15) is 0 Å². The van der Waals surface area contributed by atoms with Crippen LogP contribution in [0.2, 0.25) is 5.22 Å². The highest BCUT2D eigenvalue weighted by Crippen LogP contribution is 2.22. The van der Waals surface area contributed by atoms with Crippen LogP contribution in [0.3, 0.4) is 0 Å². The number of halogens is 2. The summed E-state index contributed by atoms with van der Waals surface area (Å²) in [6, 6.07) is 3.50. The molecule has 0 saturated carbocycles. The molecule has 0 aliphatic carbocycles. The van der Waals surface area contributed by atoms with Crippen molar-refractivity contribution in [3.05, 3.63) is 23.1 Å². The molecular formula is C11H13BrClNO2. The van der Waals surface area contributed by atoms with E-state index < -0.39 is 0 Å². The van der Waals surface area contributed by atoms with Crippen molar-refractivity contribution in [2.45, 2.75) is 25.3 Å². The van der Waals surface area contributed by atoms with E-state index in [0.29, 0.717) is 5.76 Å². The molecular weight excluding hydrogens is 293 g/mol. The van der Waals surface area contributed by atoms with E-state index in [-0.39, 0.29) is 17.2 Å². The number of nitrogens with zero attached hydrogens (tertiary/aromatic N) is 1. The number of likely N-dealkylation sites (tertiary alicyclic amines) is 1. The fraction of sp³-hybridized carbons (Fsp3) is 0.545. The normalized spacial score (nSPS) is 21.1. The van der Waals surface area contributed by atoms with Gasteiger partial charge in [0.25, 0.3) is 5.91 Å². The topological polar surface area (TPSA) is 33.5 Å². The first-order chi connectivity index (χ1) is 7.72. The molecule has 2 rings (SSSR count). The van der Waals surface area contributed by atoms with E-state index in [4.69, 9.17) is 16.0 Å². The van der Waals surface area contributed by atoms with E-state index in [1.165, 1.54) is 6.42 Å². The Morgan fingerprint density at radius 3 is 3.00 bits per heavy atom. The highest BCUT2D eigenvalue weighted by Gasteiger charge is 2.28. The summed E-state index contributed by atoms with van der Waals surface area (Å²) in [5.74, 6) is 0.272. The van der Waals surface area contributed by atoms with Gasteiger partial charge in [0.15, 0.2) is 11.0 Å². The fourth-order valence-corrected chi connectivity index (χ4v) is 2.82. The molecule has 0 N–H and O–H groups in total. The Hall–Kier alpha value is -0.480. The lowest BCUT2D eigenvalue weighted by Crippen LogP contribution is -2.44. The second kappa shape index (κ2) is 5.23. The van der Waals surface area contributed by atoms with Gasteiger partial charge in [-0.25, -0.2) is 0 Å². The molecule has 1 aliphatic heterocycles. The van der Waals surface area contributed by atoms with Gasteiger partial charge >= 0.3 is 0 Å². The Bertz CT molecular complexity index is 380.